The Bertz CT molecular complexity index is 2010. The molecule has 9 unspecified atom stereocenters. The first kappa shape index (κ1) is 42.3. The summed E-state index contributed by atoms with van der Waals surface area (Å²) in [6.07, 6.45) is -7.70. The second kappa shape index (κ2) is 15.8. The standard InChI is InChI=1S/C43H47NO11.Ac/c1-24-28-20-30(45)41(4)31(46)21-32-42(51,23-53-32)35(41)36(55-38(49)27-18-12-7-13-19-27)43(52,40(28,2)3)22-29(24)54-39(50)34(47)33(25-14-8-5-9-15-25)44-37(48)26-16-10-6-11-17-26;/h5-19,29,31-36,46-47,51-52H,20-23H2,1-4H3,(H,44,48);/t29?,31?,32?,33?,34?,35?,36?,41-,42?,43?;/m1./s1. The number of carbonyl (C=O) groups excluding carboxylic acids is 4. The van der Waals surface area contributed by atoms with Gasteiger partial charge in [-0.2, -0.15) is 0 Å². The number of rotatable bonds is 8. The zero-order valence-corrected chi connectivity index (χ0v) is 36.5. The van der Waals surface area contributed by atoms with Gasteiger partial charge >= 0.3 is 11.9 Å². The third-order valence-electron chi connectivity index (χ3n) is 12.9. The van der Waals surface area contributed by atoms with Crippen LogP contribution in [0.5, 0.6) is 0 Å². The minimum Gasteiger partial charge on any atom is -0.456 e. The van der Waals surface area contributed by atoms with Gasteiger partial charge < -0.3 is 40.0 Å². The van der Waals surface area contributed by atoms with Crippen molar-refractivity contribution >= 4 is 23.6 Å². The summed E-state index contributed by atoms with van der Waals surface area (Å²) < 4.78 is 18.0. The van der Waals surface area contributed by atoms with Crippen molar-refractivity contribution in [3.8, 4) is 0 Å². The molecule has 2 saturated carbocycles. The maximum atomic E-state index is 14.6. The summed E-state index contributed by atoms with van der Waals surface area (Å²) in [5.74, 6) is -4.27. The van der Waals surface area contributed by atoms with E-state index in [0.29, 0.717) is 22.3 Å². The van der Waals surface area contributed by atoms with Gasteiger partial charge in [0.1, 0.15) is 29.2 Å². The first-order valence-corrected chi connectivity index (χ1v) is 18.6. The maximum absolute atomic E-state index is 14.6. The van der Waals surface area contributed by atoms with Gasteiger partial charge in [-0.15, -0.1) is 0 Å². The molecule has 1 radical (unpaired) electrons. The molecular formula is C43H47AcNO11. The number of fused-ring (bicyclic) bond motifs is 5. The molecule has 2 bridgehead atoms. The van der Waals surface area contributed by atoms with Gasteiger partial charge in [-0.25, -0.2) is 9.59 Å². The fourth-order valence-electron chi connectivity index (χ4n) is 9.36. The summed E-state index contributed by atoms with van der Waals surface area (Å²) >= 11 is 0. The molecule has 1 amide bonds. The van der Waals surface area contributed by atoms with Crippen LogP contribution in [0.15, 0.2) is 102 Å². The van der Waals surface area contributed by atoms with Crippen LogP contribution in [-0.4, -0.2) is 92.4 Å². The molecule has 3 fully saturated rings. The van der Waals surface area contributed by atoms with Gasteiger partial charge in [0.15, 0.2) is 6.10 Å². The van der Waals surface area contributed by atoms with E-state index in [1.165, 1.54) is 19.1 Å². The number of aliphatic hydroxyl groups excluding tert-OH is 2. The van der Waals surface area contributed by atoms with Gasteiger partial charge in [-0.3, -0.25) is 9.59 Å². The van der Waals surface area contributed by atoms with Crippen molar-refractivity contribution < 1.29 is 97.9 Å². The predicted octanol–water partition coefficient (Wildman–Crippen LogP) is 3.62. The zero-order valence-electron chi connectivity index (χ0n) is 31.8. The molecule has 10 atom stereocenters. The van der Waals surface area contributed by atoms with Crippen molar-refractivity contribution in [2.75, 3.05) is 6.61 Å². The molecule has 3 aromatic rings. The number of carbonyl (C=O) groups is 4. The quantitative estimate of drug-likeness (QED) is 0.164. The molecular weight excluding hydrogens is 933 g/mol. The zero-order chi connectivity index (χ0) is 39.5. The van der Waals surface area contributed by atoms with Crippen LogP contribution in [-0.2, 0) is 23.8 Å². The van der Waals surface area contributed by atoms with Crippen molar-refractivity contribution in [2.45, 2.75) is 94.7 Å². The van der Waals surface area contributed by atoms with Gasteiger partial charge in [0.05, 0.1) is 35.8 Å². The molecule has 56 heavy (non-hydrogen) atoms. The topological polar surface area (TPSA) is 189 Å². The molecule has 1 saturated heterocycles. The number of nitrogens with one attached hydrogen (secondary N) is 1. The number of esters is 2. The molecule has 4 aliphatic rings. The Morgan fingerprint density at radius 3 is 2.02 bits per heavy atom. The average molecular weight is 981 g/mol. The minimum absolute atomic E-state index is 0. The number of ether oxygens (including phenoxy) is 3. The number of aliphatic hydroxyl groups is 4. The third kappa shape index (κ3) is 6.91. The number of hydrogen-bond donors (Lipinski definition) is 5. The van der Waals surface area contributed by atoms with Crippen LogP contribution < -0.4 is 5.32 Å². The van der Waals surface area contributed by atoms with Crippen molar-refractivity contribution in [2.24, 2.45) is 16.7 Å². The van der Waals surface area contributed by atoms with Gasteiger partial charge in [0.2, 0.25) is 0 Å². The van der Waals surface area contributed by atoms with E-state index in [1.54, 1.807) is 99.6 Å². The summed E-state index contributed by atoms with van der Waals surface area (Å²) in [6, 6.07) is 23.6. The van der Waals surface area contributed by atoms with Gasteiger partial charge in [0.25, 0.3) is 5.91 Å². The van der Waals surface area contributed by atoms with Crippen LogP contribution in [0, 0.1) is 60.8 Å². The van der Waals surface area contributed by atoms with Crippen LogP contribution in [0.25, 0.3) is 0 Å². The molecule has 293 valence electrons. The van der Waals surface area contributed by atoms with E-state index in [2.05, 4.69) is 5.32 Å². The Morgan fingerprint density at radius 2 is 1.45 bits per heavy atom. The Kier molecular flexibility index (Phi) is 12.0. The molecule has 7 rings (SSSR count). The summed E-state index contributed by atoms with van der Waals surface area (Å²) in [4.78, 5) is 55.9. The van der Waals surface area contributed by atoms with E-state index in [0.717, 1.165) is 0 Å². The molecule has 13 heteroatoms. The van der Waals surface area contributed by atoms with E-state index in [4.69, 9.17) is 14.2 Å². The largest absolute Gasteiger partial charge is 0.456 e. The molecule has 1 heterocycles. The van der Waals surface area contributed by atoms with Crippen LogP contribution in [0.1, 0.15) is 79.3 Å². The Balaban J connectivity index is 0.00000532. The molecule has 5 N–H and O–H groups in total. The van der Waals surface area contributed by atoms with E-state index < -0.39 is 88.1 Å². The van der Waals surface area contributed by atoms with E-state index in [1.807, 2.05) is 0 Å². The van der Waals surface area contributed by atoms with Crippen molar-refractivity contribution in [1.29, 1.82) is 0 Å². The van der Waals surface area contributed by atoms with Crippen LogP contribution in [0.4, 0.5) is 0 Å². The number of benzene rings is 3. The first-order valence-electron chi connectivity index (χ1n) is 18.6. The number of hydrogen-bond acceptors (Lipinski definition) is 11. The second-order valence-electron chi connectivity index (χ2n) is 16.1. The Hall–Kier alpha value is -3.28. The monoisotopic (exact) mass is 980 g/mol. The molecule has 12 nitrogen and oxygen atoms in total. The van der Waals surface area contributed by atoms with Gasteiger partial charge in [-0.05, 0) is 49.2 Å². The second-order valence-corrected chi connectivity index (χ2v) is 16.1. The molecule has 3 aromatic carbocycles. The van der Waals surface area contributed by atoms with E-state index >= 15 is 0 Å². The fourth-order valence-corrected chi connectivity index (χ4v) is 9.36. The summed E-state index contributed by atoms with van der Waals surface area (Å²) in [5, 5.41) is 51.5. The van der Waals surface area contributed by atoms with Crippen molar-refractivity contribution in [3.05, 3.63) is 119 Å². The van der Waals surface area contributed by atoms with Gasteiger partial charge in [-0.1, -0.05) is 86.2 Å². The third-order valence-corrected chi connectivity index (χ3v) is 12.9. The SMILES string of the molecule is CC1=C2CC(=O)[C@]3(C)C(O)CC4OCC4(O)C3C(OC(=O)c3ccccc3)C(O)(CC1OC(=O)C(O)C(NC(=O)c1ccccc1)c1ccccc1)C2(C)C.[Ac]. The molecule has 3 aliphatic carbocycles. The smallest absolute Gasteiger partial charge is 0.338 e. The number of Topliss-reactive ketones (excluding diaryl/α,β-unsaturated/α-hetero) is 1. The number of amides is 1. The van der Waals surface area contributed by atoms with Crippen molar-refractivity contribution in [3.63, 3.8) is 0 Å². The Morgan fingerprint density at radius 1 is 0.875 bits per heavy atom. The van der Waals surface area contributed by atoms with Gasteiger partial charge in [0, 0.05) is 80.2 Å². The minimum atomic E-state index is -2.12. The summed E-state index contributed by atoms with van der Waals surface area (Å²) in [6.45, 7) is 6.40. The molecule has 0 aromatic heterocycles. The van der Waals surface area contributed by atoms with Crippen LogP contribution >= 0.6 is 0 Å². The fraction of sp³-hybridized carbons (Fsp3) is 0.442. The Labute approximate surface area is 361 Å². The normalized spacial score (nSPS) is 32.7. The van der Waals surface area contributed by atoms with Crippen LogP contribution in [0.2, 0.25) is 0 Å². The number of ketones is 1. The maximum Gasteiger partial charge on any atom is 0.338 e. The van der Waals surface area contributed by atoms with E-state index in [9.17, 15) is 39.6 Å². The average Bonchev–Trinajstić information content (AvgIpc) is 3.18. The first-order chi connectivity index (χ1) is 26.0. The van der Waals surface area contributed by atoms with E-state index in [-0.39, 0.29) is 75.5 Å². The van der Waals surface area contributed by atoms with Crippen molar-refractivity contribution in [1.82, 2.24) is 5.32 Å². The molecule has 1 aliphatic heterocycles. The predicted molar refractivity (Wildman–Crippen MR) is 197 cm³/mol. The summed E-state index contributed by atoms with van der Waals surface area (Å²) in [5.41, 5.74) is -5.16. The van der Waals surface area contributed by atoms with Crippen LogP contribution in [0.3, 0.4) is 0 Å². The molecule has 0 spiro atoms. The summed E-state index contributed by atoms with van der Waals surface area (Å²) in [7, 11) is 0.